The highest BCUT2D eigenvalue weighted by Gasteiger charge is 2.17. The highest BCUT2D eigenvalue weighted by Crippen LogP contribution is 2.28. The zero-order valence-corrected chi connectivity index (χ0v) is 16.6. The molecular formula is C20H16BrClFNO2. The van der Waals surface area contributed by atoms with Gasteiger partial charge in [0.25, 0.3) is 0 Å². The molecule has 2 aromatic carbocycles. The standard InChI is InChI=1S/C20H16BrClFNO2/c1-12-9-17(13(2)24(12)16-6-4-15(23)5-7-16)19(25)11-26-20-8-3-14(21)10-18(20)22/h3-10H,11H2,1-2H3. The van der Waals surface area contributed by atoms with Crippen molar-refractivity contribution < 1.29 is 13.9 Å². The summed E-state index contributed by atoms with van der Waals surface area (Å²) in [6.07, 6.45) is 0. The molecule has 0 amide bonds. The van der Waals surface area contributed by atoms with Crippen molar-refractivity contribution in [2.75, 3.05) is 6.61 Å². The van der Waals surface area contributed by atoms with Gasteiger partial charge in [0.15, 0.2) is 6.61 Å². The zero-order valence-electron chi connectivity index (χ0n) is 14.2. The largest absolute Gasteiger partial charge is 0.484 e. The first-order valence-corrected chi connectivity index (χ1v) is 9.10. The number of carbonyl (C=O) groups is 1. The summed E-state index contributed by atoms with van der Waals surface area (Å²) in [5.74, 6) is 0.00768. The zero-order chi connectivity index (χ0) is 18.8. The Morgan fingerprint density at radius 1 is 1.15 bits per heavy atom. The van der Waals surface area contributed by atoms with E-state index in [0.717, 1.165) is 21.5 Å². The third-order valence-electron chi connectivity index (χ3n) is 4.07. The normalized spacial score (nSPS) is 10.8. The van der Waals surface area contributed by atoms with Crippen molar-refractivity contribution in [3.8, 4) is 11.4 Å². The Hall–Kier alpha value is -2.11. The number of carbonyl (C=O) groups excluding carboxylic acids is 1. The number of ketones is 1. The fourth-order valence-electron chi connectivity index (χ4n) is 2.85. The molecule has 0 unspecified atom stereocenters. The number of nitrogens with zero attached hydrogens (tertiary/aromatic N) is 1. The number of benzene rings is 2. The minimum Gasteiger partial charge on any atom is -0.484 e. The van der Waals surface area contributed by atoms with Gasteiger partial charge in [0.1, 0.15) is 11.6 Å². The second-order valence-corrected chi connectivity index (χ2v) is 7.21. The summed E-state index contributed by atoms with van der Waals surface area (Å²) in [5.41, 5.74) is 3.04. The lowest BCUT2D eigenvalue weighted by atomic mass is 10.1. The summed E-state index contributed by atoms with van der Waals surface area (Å²) in [6, 6.07) is 13.2. The molecule has 0 aliphatic heterocycles. The molecule has 0 aliphatic carbocycles. The molecule has 3 rings (SSSR count). The van der Waals surface area contributed by atoms with Crippen molar-refractivity contribution in [1.82, 2.24) is 4.57 Å². The van der Waals surface area contributed by atoms with Gasteiger partial charge in [-0.05, 0) is 62.4 Å². The molecular weight excluding hydrogens is 421 g/mol. The quantitative estimate of drug-likeness (QED) is 0.466. The molecule has 6 heteroatoms. The van der Waals surface area contributed by atoms with E-state index >= 15 is 0 Å². The Morgan fingerprint density at radius 2 is 1.85 bits per heavy atom. The van der Waals surface area contributed by atoms with Crippen molar-refractivity contribution in [1.29, 1.82) is 0 Å². The summed E-state index contributed by atoms with van der Waals surface area (Å²) < 4.78 is 21.5. The summed E-state index contributed by atoms with van der Waals surface area (Å²) >= 11 is 9.44. The van der Waals surface area contributed by atoms with E-state index in [1.54, 1.807) is 30.3 Å². The fraction of sp³-hybridized carbons (Fsp3) is 0.150. The van der Waals surface area contributed by atoms with Crippen molar-refractivity contribution in [3.05, 3.63) is 80.8 Å². The molecule has 0 saturated heterocycles. The first-order valence-electron chi connectivity index (χ1n) is 7.92. The molecule has 3 nitrogen and oxygen atoms in total. The predicted molar refractivity (Wildman–Crippen MR) is 104 cm³/mol. The van der Waals surface area contributed by atoms with Gasteiger partial charge in [-0.25, -0.2) is 4.39 Å². The number of hydrogen-bond acceptors (Lipinski definition) is 2. The Bertz CT molecular complexity index is 967. The van der Waals surface area contributed by atoms with E-state index in [1.165, 1.54) is 12.1 Å². The predicted octanol–water partition coefficient (Wildman–Crippen LogP) is 5.91. The van der Waals surface area contributed by atoms with Crippen LogP contribution in [-0.2, 0) is 0 Å². The Morgan fingerprint density at radius 3 is 2.50 bits per heavy atom. The van der Waals surface area contributed by atoms with Crippen molar-refractivity contribution in [2.45, 2.75) is 13.8 Å². The van der Waals surface area contributed by atoms with E-state index in [9.17, 15) is 9.18 Å². The van der Waals surface area contributed by atoms with Gasteiger partial charge in [-0.2, -0.15) is 0 Å². The van der Waals surface area contributed by atoms with Gasteiger partial charge in [0.05, 0.1) is 5.02 Å². The third-order valence-corrected chi connectivity index (χ3v) is 4.86. The van der Waals surface area contributed by atoms with Gasteiger partial charge in [-0.15, -0.1) is 0 Å². The number of aromatic nitrogens is 1. The molecule has 0 fully saturated rings. The van der Waals surface area contributed by atoms with Crippen molar-refractivity contribution in [2.24, 2.45) is 0 Å². The van der Waals surface area contributed by atoms with Crippen LogP contribution in [0.2, 0.25) is 5.02 Å². The van der Waals surface area contributed by atoms with Gasteiger partial charge < -0.3 is 9.30 Å². The summed E-state index contributed by atoms with van der Waals surface area (Å²) in [5, 5.41) is 0.434. The lowest BCUT2D eigenvalue weighted by Crippen LogP contribution is -2.13. The summed E-state index contributed by atoms with van der Waals surface area (Å²) in [7, 11) is 0. The monoisotopic (exact) mass is 435 g/mol. The third kappa shape index (κ3) is 3.84. The van der Waals surface area contributed by atoms with Crippen LogP contribution in [-0.4, -0.2) is 17.0 Å². The van der Waals surface area contributed by atoms with E-state index in [1.807, 2.05) is 24.5 Å². The molecule has 0 aliphatic rings. The first kappa shape index (κ1) is 18.7. The molecule has 1 aromatic heterocycles. The second-order valence-electron chi connectivity index (χ2n) is 5.88. The van der Waals surface area contributed by atoms with E-state index in [2.05, 4.69) is 15.9 Å². The van der Waals surface area contributed by atoms with Gasteiger partial charge >= 0.3 is 0 Å². The molecule has 0 radical (unpaired) electrons. The smallest absolute Gasteiger partial charge is 0.202 e. The molecule has 3 aromatic rings. The average molecular weight is 437 g/mol. The minimum atomic E-state index is -0.299. The van der Waals surface area contributed by atoms with Crippen molar-refractivity contribution >= 4 is 33.3 Å². The maximum atomic E-state index is 13.2. The lowest BCUT2D eigenvalue weighted by Gasteiger charge is -2.10. The van der Waals surface area contributed by atoms with Crippen LogP contribution in [0.4, 0.5) is 4.39 Å². The average Bonchev–Trinajstić information content (AvgIpc) is 2.89. The molecule has 0 N–H and O–H groups in total. The van der Waals surface area contributed by atoms with Crippen molar-refractivity contribution in [3.63, 3.8) is 0 Å². The first-order chi connectivity index (χ1) is 12.4. The van der Waals surface area contributed by atoms with Crippen LogP contribution >= 0.6 is 27.5 Å². The number of halogens is 3. The van der Waals surface area contributed by atoms with Crippen LogP contribution in [0, 0.1) is 19.7 Å². The molecule has 0 spiro atoms. The van der Waals surface area contributed by atoms with Gasteiger partial charge in [-0.1, -0.05) is 27.5 Å². The van der Waals surface area contributed by atoms with E-state index in [4.69, 9.17) is 16.3 Å². The van der Waals surface area contributed by atoms with Crippen LogP contribution in [0.3, 0.4) is 0 Å². The highest BCUT2D eigenvalue weighted by molar-refractivity contribution is 9.10. The highest BCUT2D eigenvalue weighted by atomic mass is 79.9. The Labute approximate surface area is 164 Å². The van der Waals surface area contributed by atoms with Crippen LogP contribution in [0.15, 0.2) is 53.0 Å². The van der Waals surface area contributed by atoms with Gasteiger partial charge in [0.2, 0.25) is 5.78 Å². The Kier molecular flexibility index (Phi) is 5.49. The lowest BCUT2D eigenvalue weighted by molar-refractivity contribution is 0.0921. The van der Waals surface area contributed by atoms with E-state index < -0.39 is 0 Å². The maximum absolute atomic E-state index is 13.2. The fourth-order valence-corrected chi connectivity index (χ4v) is 3.57. The van der Waals surface area contributed by atoms with Crippen LogP contribution < -0.4 is 4.74 Å². The molecule has 0 saturated carbocycles. The molecule has 0 atom stereocenters. The van der Waals surface area contributed by atoms with Crippen LogP contribution in [0.1, 0.15) is 21.7 Å². The van der Waals surface area contributed by atoms with Crippen LogP contribution in [0.5, 0.6) is 5.75 Å². The molecule has 134 valence electrons. The SMILES string of the molecule is Cc1cc(C(=O)COc2ccc(Br)cc2Cl)c(C)n1-c1ccc(F)cc1. The van der Waals surface area contributed by atoms with E-state index in [0.29, 0.717) is 16.3 Å². The van der Waals surface area contributed by atoms with Gasteiger partial charge in [0, 0.05) is 27.1 Å². The van der Waals surface area contributed by atoms with E-state index in [-0.39, 0.29) is 18.2 Å². The number of Topliss-reactive ketones (excluding diaryl/α,β-unsaturated/α-hetero) is 1. The molecule has 1 heterocycles. The summed E-state index contributed by atoms with van der Waals surface area (Å²) in [6.45, 7) is 3.64. The number of ether oxygens (including phenoxy) is 1. The minimum absolute atomic E-state index is 0.116. The van der Waals surface area contributed by atoms with Crippen LogP contribution in [0.25, 0.3) is 5.69 Å². The Balaban J connectivity index is 1.82. The number of hydrogen-bond donors (Lipinski definition) is 0. The second kappa shape index (κ2) is 7.64. The number of rotatable bonds is 5. The van der Waals surface area contributed by atoms with Gasteiger partial charge in [-0.3, -0.25) is 4.79 Å². The summed E-state index contributed by atoms with van der Waals surface area (Å²) in [4.78, 5) is 12.6. The molecule has 0 bridgehead atoms. The number of aryl methyl sites for hydroxylation is 1. The maximum Gasteiger partial charge on any atom is 0.202 e. The topological polar surface area (TPSA) is 31.2 Å². The molecule has 26 heavy (non-hydrogen) atoms.